The average molecular weight is 310 g/mol. The molecule has 2 rings (SSSR count). The number of para-hydroxylation sites is 1. The molecule has 2 aromatic rings. The summed E-state index contributed by atoms with van der Waals surface area (Å²) in [6, 6.07) is 5.43. The fourth-order valence-electron chi connectivity index (χ4n) is 2.17. The molecule has 1 amide bonds. The van der Waals surface area contributed by atoms with E-state index < -0.39 is 6.10 Å². The molecule has 0 spiro atoms. The number of aryl methyl sites for hydroxylation is 1. The second-order valence-corrected chi connectivity index (χ2v) is 5.94. The minimum atomic E-state index is -0.420. The van der Waals surface area contributed by atoms with Crippen molar-refractivity contribution in [2.45, 2.75) is 33.3 Å². The lowest BCUT2D eigenvalue weighted by Gasteiger charge is -2.14. The lowest BCUT2D eigenvalue weighted by Crippen LogP contribution is -2.28. The van der Waals surface area contributed by atoms with E-state index in [0.29, 0.717) is 23.6 Å². The summed E-state index contributed by atoms with van der Waals surface area (Å²) >= 11 is 6.07. The van der Waals surface area contributed by atoms with Gasteiger partial charge in [0.15, 0.2) is 11.3 Å². The average Bonchev–Trinajstić information content (AvgIpc) is 2.77. The number of aliphatic hydroxyl groups excluding tert-OH is 1. The molecule has 0 aliphatic carbocycles. The molecule has 0 fully saturated rings. The third kappa shape index (κ3) is 3.39. The minimum absolute atomic E-state index is 0.175. The van der Waals surface area contributed by atoms with Gasteiger partial charge in [-0.25, -0.2) is 0 Å². The van der Waals surface area contributed by atoms with E-state index in [1.807, 2.05) is 32.9 Å². The summed E-state index contributed by atoms with van der Waals surface area (Å²) in [5.74, 6) is 0.168. The maximum Gasteiger partial charge on any atom is 0.287 e. The number of hydrogen-bond donors (Lipinski definition) is 2. The van der Waals surface area contributed by atoms with E-state index in [1.165, 1.54) is 0 Å². The quantitative estimate of drug-likeness (QED) is 0.888. The smallest absolute Gasteiger partial charge is 0.287 e. The molecule has 1 aromatic carbocycles. The summed E-state index contributed by atoms with van der Waals surface area (Å²) in [7, 11) is 0. The molecule has 4 nitrogen and oxygen atoms in total. The number of carbonyl (C=O) groups excluding carboxylic acids is 1. The van der Waals surface area contributed by atoms with Crippen molar-refractivity contribution in [1.29, 1.82) is 0 Å². The number of fused-ring (bicyclic) bond motifs is 1. The molecule has 114 valence electrons. The van der Waals surface area contributed by atoms with E-state index in [2.05, 4.69) is 5.32 Å². The van der Waals surface area contributed by atoms with Crippen LogP contribution in [-0.2, 0) is 0 Å². The van der Waals surface area contributed by atoms with Crippen molar-refractivity contribution < 1.29 is 14.3 Å². The highest BCUT2D eigenvalue weighted by atomic mass is 35.5. The van der Waals surface area contributed by atoms with E-state index >= 15 is 0 Å². The van der Waals surface area contributed by atoms with Gasteiger partial charge in [0.05, 0.1) is 11.1 Å². The maximum absolute atomic E-state index is 12.2. The molecule has 1 unspecified atom stereocenters. The van der Waals surface area contributed by atoms with E-state index in [0.717, 1.165) is 10.9 Å². The number of amides is 1. The maximum atomic E-state index is 12.2. The van der Waals surface area contributed by atoms with Gasteiger partial charge in [-0.1, -0.05) is 37.6 Å². The normalized spacial score (nSPS) is 12.9. The third-order valence-corrected chi connectivity index (χ3v) is 3.91. The van der Waals surface area contributed by atoms with Crippen LogP contribution < -0.4 is 5.32 Å². The Morgan fingerprint density at radius 3 is 2.76 bits per heavy atom. The van der Waals surface area contributed by atoms with Crippen LogP contribution in [0.15, 0.2) is 22.6 Å². The second kappa shape index (κ2) is 6.50. The topological polar surface area (TPSA) is 62.5 Å². The van der Waals surface area contributed by atoms with E-state index in [-0.39, 0.29) is 17.6 Å². The molecular formula is C16H20ClNO3. The van der Waals surface area contributed by atoms with E-state index in [1.54, 1.807) is 6.07 Å². The first-order valence-electron chi connectivity index (χ1n) is 7.05. The predicted molar refractivity (Wildman–Crippen MR) is 83.8 cm³/mol. The largest absolute Gasteiger partial charge is 0.449 e. The number of carbonyl (C=O) groups is 1. The zero-order chi connectivity index (χ0) is 15.6. The van der Waals surface area contributed by atoms with Crippen LogP contribution in [0.4, 0.5) is 0 Å². The summed E-state index contributed by atoms with van der Waals surface area (Å²) in [5, 5.41) is 13.8. The summed E-state index contributed by atoms with van der Waals surface area (Å²) in [6.07, 6.45) is 0.0974. The Labute approximate surface area is 129 Å². The van der Waals surface area contributed by atoms with Crippen LogP contribution in [0.25, 0.3) is 11.0 Å². The molecule has 1 heterocycles. The van der Waals surface area contributed by atoms with Gasteiger partial charge < -0.3 is 14.8 Å². The van der Waals surface area contributed by atoms with Crippen LogP contribution in [0.5, 0.6) is 0 Å². The molecule has 0 saturated carbocycles. The molecule has 0 radical (unpaired) electrons. The highest BCUT2D eigenvalue weighted by molar-refractivity contribution is 6.35. The van der Waals surface area contributed by atoms with Crippen LogP contribution in [0.3, 0.4) is 0 Å². The van der Waals surface area contributed by atoms with E-state index in [4.69, 9.17) is 16.0 Å². The number of rotatable bonds is 5. The fraction of sp³-hybridized carbons (Fsp3) is 0.438. The van der Waals surface area contributed by atoms with Crippen LogP contribution >= 0.6 is 11.6 Å². The first-order valence-corrected chi connectivity index (χ1v) is 7.43. The molecule has 0 bridgehead atoms. The highest BCUT2D eigenvalue weighted by Crippen LogP contribution is 2.30. The standard InChI is InChI=1S/C16H20ClNO3/c1-9(2)13(19)7-8-18-16(20)14-10(3)11-5-4-6-12(17)15(11)21-14/h4-6,9,13,19H,7-8H2,1-3H3,(H,18,20). The van der Waals surface area contributed by atoms with Crippen molar-refractivity contribution in [3.8, 4) is 0 Å². The molecule has 0 saturated heterocycles. The Morgan fingerprint density at radius 1 is 1.43 bits per heavy atom. The number of furan rings is 1. The second-order valence-electron chi connectivity index (χ2n) is 5.53. The molecule has 1 atom stereocenters. The van der Waals surface area contributed by atoms with Gasteiger partial charge in [-0.2, -0.15) is 0 Å². The zero-order valence-corrected chi connectivity index (χ0v) is 13.2. The van der Waals surface area contributed by atoms with Gasteiger partial charge in [-0.15, -0.1) is 0 Å². The van der Waals surface area contributed by atoms with Gasteiger partial charge in [-0.05, 0) is 25.3 Å². The Hall–Kier alpha value is -1.52. The first kappa shape index (κ1) is 15.9. The number of nitrogens with one attached hydrogen (secondary N) is 1. The van der Waals surface area contributed by atoms with Crippen LogP contribution in [0, 0.1) is 12.8 Å². The first-order chi connectivity index (χ1) is 9.91. The minimum Gasteiger partial charge on any atom is -0.449 e. The lowest BCUT2D eigenvalue weighted by atomic mass is 10.0. The summed E-state index contributed by atoms with van der Waals surface area (Å²) in [4.78, 5) is 12.2. The molecule has 21 heavy (non-hydrogen) atoms. The lowest BCUT2D eigenvalue weighted by molar-refractivity contribution is 0.0896. The zero-order valence-electron chi connectivity index (χ0n) is 12.4. The van der Waals surface area contributed by atoms with Crippen LogP contribution in [0.1, 0.15) is 36.4 Å². The molecular weight excluding hydrogens is 290 g/mol. The number of aliphatic hydroxyl groups is 1. The molecule has 2 N–H and O–H groups in total. The Kier molecular flexibility index (Phi) is 4.91. The van der Waals surface area contributed by atoms with Crippen molar-refractivity contribution >= 4 is 28.5 Å². The summed E-state index contributed by atoms with van der Waals surface area (Å²) in [5.41, 5.74) is 1.30. The van der Waals surface area contributed by atoms with Gasteiger partial charge >= 0.3 is 0 Å². The summed E-state index contributed by atoms with van der Waals surface area (Å²) in [6.45, 7) is 6.12. The van der Waals surface area contributed by atoms with Gasteiger partial charge in [-0.3, -0.25) is 4.79 Å². The van der Waals surface area contributed by atoms with Gasteiger partial charge in [0.25, 0.3) is 5.91 Å². The Morgan fingerprint density at radius 2 is 2.14 bits per heavy atom. The summed E-state index contributed by atoms with van der Waals surface area (Å²) < 4.78 is 5.59. The third-order valence-electron chi connectivity index (χ3n) is 3.62. The van der Waals surface area contributed by atoms with Gasteiger partial charge in [0.1, 0.15) is 0 Å². The SMILES string of the molecule is Cc1c(C(=O)NCCC(O)C(C)C)oc2c(Cl)cccc12. The number of hydrogen-bond acceptors (Lipinski definition) is 3. The Balaban J connectivity index is 2.10. The Bertz CT molecular complexity index is 648. The number of benzene rings is 1. The number of halogens is 1. The van der Waals surface area contributed by atoms with E-state index in [9.17, 15) is 9.90 Å². The van der Waals surface area contributed by atoms with Gasteiger partial charge in [0, 0.05) is 17.5 Å². The van der Waals surface area contributed by atoms with Crippen LogP contribution in [0.2, 0.25) is 5.02 Å². The van der Waals surface area contributed by atoms with Crippen molar-refractivity contribution in [3.63, 3.8) is 0 Å². The monoisotopic (exact) mass is 309 g/mol. The molecule has 1 aromatic heterocycles. The van der Waals surface area contributed by atoms with Crippen molar-refractivity contribution in [1.82, 2.24) is 5.32 Å². The molecule has 0 aliphatic rings. The van der Waals surface area contributed by atoms with Crippen LogP contribution in [-0.4, -0.2) is 23.7 Å². The van der Waals surface area contributed by atoms with Gasteiger partial charge in [0.2, 0.25) is 0 Å². The predicted octanol–water partition coefficient (Wildman–Crippen LogP) is 3.53. The van der Waals surface area contributed by atoms with Crippen molar-refractivity contribution in [2.24, 2.45) is 5.92 Å². The highest BCUT2D eigenvalue weighted by Gasteiger charge is 2.19. The molecule has 5 heteroatoms. The van der Waals surface area contributed by atoms with Crippen molar-refractivity contribution in [2.75, 3.05) is 6.54 Å². The van der Waals surface area contributed by atoms with Crippen molar-refractivity contribution in [3.05, 3.63) is 34.5 Å². The molecule has 0 aliphatic heterocycles. The fourth-order valence-corrected chi connectivity index (χ4v) is 2.39.